The Morgan fingerprint density at radius 3 is 2.76 bits per heavy atom. The number of hydrogen-bond donors (Lipinski definition) is 1. The molecule has 1 N–H and O–H groups in total. The van der Waals surface area contributed by atoms with Crippen molar-refractivity contribution in [2.45, 2.75) is 40.3 Å². The van der Waals surface area contributed by atoms with Crippen LogP contribution in [-0.2, 0) is 13.1 Å². The molecule has 0 aliphatic rings. The fraction of sp³-hybridized carbons (Fsp3) is 0.714. The SMILES string of the molecule is CCN(CCO)Cc1cccn1CCC(C)C. The van der Waals surface area contributed by atoms with E-state index in [0.717, 1.165) is 32.1 Å². The normalized spacial score (nSPS) is 11.6. The number of aryl methyl sites for hydroxylation is 1. The second kappa shape index (κ2) is 7.51. The van der Waals surface area contributed by atoms with Gasteiger partial charge in [0.15, 0.2) is 0 Å². The summed E-state index contributed by atoms with van der Waals surface area (Å²) in [6.45, 7) is 10.7. The zero-order valence-electron chi connectivity index (χ0n) is 11.4. The van der Waals surface area contributed by atoms with E-state index in [-0.39, 0.29) is 6.61 Å². The Labute approximate surface area is 105 Å². The van der Waals surface area contributed by atoms with Gasteiger partial charge in [-0.05, 0) is 31.0 Å². The number of likely N-dealkylation sites (N-methyl/N-ethyl adjacent to an activating group) is 1. The maximum atomic E-state index is 8.99. The first-order chi connectivity index (χ1) is 8.17. The Morgan fingerprint density at radius 1 is 1.41 bits per heavy atom. The van der Waals surface area contributed by atoms with Gasteiger partial charge in [0.25, 0.3) is 0 Å². The molecule has 0 saturated carbocycles. The van der Waals surface area contributed by atoms with Gasteiger partial charge >= 0.3 is 0 Å². The molecule has 17 heavy (non-hydrogen) atoms. The molecule has 1 aromatic rings. The second-order valence-corrected chi connectivity index (χ2v) is 4.97. The Bertz CT molecular complexity index is 307. The zero-order valence-corrected chi connectivity index (χ0v) is 11.4. The van der Waals surface area contributed by atoms with E-state index in [2.05, 4.69) is 48.6 Å². The summed E-state index contributed by atoms with van der Waals surface area (Å²) in [5.74, 6) is 0.741. The van der Waals surface area contributed by atoms with Crippen molar-refractivity contribution in [3.63, 3.8) is 0 Å². The molecule has 1 heterocycles. The van der Waals surface area contributed by atoms with E-state index < -0.39 is 0 Å². The molecule has 3 heteroatoms. The van der Waals surface area contributed by atoms with Crippen LogP contribution >= 0.6 is 0 Å². The topological polar surface area (TPSA) is 28.4 Å². The van der Waals surface area contributed by atoms with Gasteiger partial charge in [0.1, 0.15) is 0 Å². The molecule has 1 aromatic heterocycles. The van der Waals surface area contributed by atoms with Crippen molar-refractivity contribution >= 4 is 0 Å². The lowest BCUT2D eigenvalue weighted by molar-refractivity contribution is 0.193. The minimum atomic E-state index is 0.237. The predicted octanol–water partition coefficient (Wildman–Crippen LogP) is 2.35. The van der Waals surface area contributed by atoms with Gasteiger partial charge in [-0.15, -0.1) is 0 Å². The quantitative estimate of drug-likeness (QED) is 0.753. The van der Waals surface area contributed by atoms with Gasteiger partial charge in [-0.1, -0.05) is 20.8 Å². The highest BCUT2D eigenvalue weighted by Crippen LogP contribution is 2.10. The number of rotatable bonds is 8. The first-order valence-corrected chi connectivity index (χ1v) is 6.64. The molecule has 0 bridgehead atoms. The van der Waals surface area contributed by atoms with Crippen LogP contribution in [0, 0.1) is 5.92 Å². The Balaban J connectivity index is 2.55. The summed E-state index contributed by atoms with van der Waals surface area (Å²) in [7, 11) is 0. The Kier molecular flexibility index (Phi) is 6.30. The number of aliphatic hydroxyl groups excluding tert-OH is 1. The molecule has 0 radical (unpaired) electrons. The molecule has 0 aromatic carbocycles. The lowest BCUT2D eigenvalue weighted by Gasteiger charge is -2.20. The molecule has 0 fully saturated rings. The fourth-order valence-electron chi connectivity index (χ4n) is 1.93. The van der Waals surface area contributed by atoms with Gasteiger partial charge in [0, 0.05) is 31.5 Å². The molecule has 0 aliphatic heterocycles. The minimum absolute atomic E-state index is 0.237. The van der Waals surface area contributed by atoms with Crippen molar-refractivity contribution in [2.75, 3.05) is 19.7 Å². The van der Waals surface area contributed by atoms with E-state index in [1.54, 1.807) is 0 Å². The molecule has 98 valence electrons. The summed E-state index contributed by atoms with van der Waals surface area (Å²) < 4.78 is 2.33. The summed E-state index contributed by atoms with van der Waals surface area (Å²) >= 11 is 0. The fourth-order valence-corrected chi connectivity index (χ4v) is 1.93. The highest BCUT2D eigenvalue weighted by molar-refractivity contribution is 5.07. The van der Waals surface area contributed by atoms with Crippen LogP contribution in [0.2, 0.25) is 0 Å². The average Bonchev–Trinajstić information content (AvgIpc) is 2.73. The minimum Gasteiger partial charge on any atom is -0.395 e. The standard InChI is InChI=1S/C14H26N2O/c1-4-15(10-11-17)12-14-6-5-8-16(14)9-7-13(2)3/h5-6,8,13,17H,4,7,9-12H2,1-3H3. The smallest absolute Gasteiger partial charge is 0.0558 e. The highest BCUT2D eigenvalue weighted by Gasteiger charge is 2.07. The van der Waals surface area contributed by atoms with Crippen molar-refractivity contribution < 1.29 is 5.11 Å². The van der Waals surface area contributed by atoms with E-state index in [1.165, 1.54) is 12.1 Å². The largest absolute Gasteiger partial charge is 0.395 e. The summed E-state index contributed by atoms with van der Waals surface area (Å²) in [5, 5.41) is 8.99. The van der Waals surface area contributed by atoms with Gasteiger partial charge in [0.05, 0.1) is 6.61 Å². The molecule has 0 atom stereocenters. The molecule has 3 nitrogen and oxygen atoms in total. The molecule has 0 saturated heterocycles. The zero-order chi connectivity index (χ0) is 12.7. The Hall–Kier alpha value is -0.800. The van der Waals surface area contributed by atoms with Crippen LogP contribution in [-0.4, -0.2) is 34.3 Å². The van der Waals surface area contributed by atoms with Gasteiger partial charge in [-0.3, -0.25) is 4.90 Å². The summed E-state index contributed by atoms with van der Waals surface area (Å²) in [4.78, 5) is 2.27. The Morgan fingerprint density at radius 2 is 2.18 bits per heavy atom. The van der Waals surface area contributed by atoms with Gasteiger partial charge in [-0.25, -0.2) is 0 Å². The molecule has 0 amide bonds. The number of hydrogen-bond acceptors (Lipinski definition) is 2. The first-order valence-electron chi connectivity index (χ1n) is 6.64. The third-order valence-corrected chi connectivity index (χ3v) is 3.12. The van der Waals surface area contributed by atoms with Crippen LogP contribution in [0.5, 0.6) is 0 Å². The van der Waals surface area contributed by atoms with Crippen molar-refractivity contribution in [1.82, 2.24) is 9.47 Å². The van der Waals surface area contributed by atoms with Crippen LogP contribution in [0.4, 0.5) is 0 Å². The van der Waals surface area contributed by atoms with Crippen molar-refractivity contribution in [3.05, 3.63) is 24.0 Å². The third-order valence-electron chi connectivity index (χ3n) is 3.12. The summed E-state index contributed by atoms with van der Waals surface area (Å²) in [6, 6.07) is 4.29. The maximum Gasteiger partial charge on any atom is 0.0558 e. The summed E-state index contributed by atoms with van der Waals surface area (Å²) in [6.07, 6.45) is 3.37. The summed E-state index contributed by atoms with van der Waals surface area (Å²) in [5.41, 5.74) is 1.35. The van der Waals surface area contributed by atoms with Crippen molar-refractivity contribution in [1.29, 1.82) is 0 Å². The predicted molar refractivity (Wildman–Crippen MR) is 71.9 cm³/mol. The van der Waals surface area contributed by atoms with Crippen LogP contribution in [0.15, 0.2) is 18.3 Å². The van der Waals surface area contributed by atoms with E-state index >= 15 is 0 Å². The van der Waals surface area contributed by atoms with Gasteiger partial charge < -0.3 is 9.67 Å². The number of nitrogens with zero attached hydrogens (tertiary/aromatic N) is 2. The second-order valence-electron chi connectivity index (χ2n) is 4.97. The van der Waals surface area contributed by atoms with Crippen LogP contribution in [0.25, 0.3) is 0 Å². The first kappa shape index (κ1) is 14.3. The van der Waals surface area contributed by atoms with Crippen LogP contribution < -0.4 is 0 Å². The number of aliphatic hydroxyl groups is 1. The van der Waals surface area contributed by atoms with Gasteiger partial charge in [0.2, 0.25) is 0 Å². The van der Waals surface area contributed by atoms with E-state index in [9.17, 15) is 0 Å². The lowest BCUT2D eigenvalue weighted by atomic mass is 10.1. The molecule has 0 spiro atoms. The highest BCUT2D eigenvalue weighted by atomic mass is 16.3. The molecular weight excluding hydrogens is 212 g/mol. The maximum absolute atomic E-state index is 8.99. The van der Waals surface area contributed by atoms with Crippen LogP contribution in [0.3, 0.4) is 0 Å². The van der Waals surface area contributed by atoms with E-state index in [4.69, 9.17) is 5.11 Å². The van der Waals surface area contributed by atoms with Gasteiger partial charge in [-0.2, -0.15) is 0 Å². The third kappa shape index (κ3) is 4.92. The molecule has 1 rings (SSSR count). The number of aromatic nitrogens is 1. The molecule has 0 aliphatic carbocycles. The van der Waals surface area contributed by atoms with E-state index in [0.29, 0.717) is 0 Å². The monoisotopic (exact) mass is 238 g/mol. The average molecular weight is 238 g/mol. The van der Waals surface area contributed by atoms with Crippen molar-refractivity contribution in [3.8, 4) is 0 Å². The van der Waals surface area contributed by atoms with Crippen LogP contribution in [0.1, 0.15) is 32.9 Å². The molecular formula is C14H26N2O. The molecule has 0 unspecified atom stereocenters. The van der Waals surface area contributed by atoms with Crippen molar-refractivity contribution in [2.24, 2.45) is 5.92 Å². The van der Waals surface area contributed by atoms with E-state index in [1.807, 2.05) is 0 Å². The lowest BCUT2D eigenvalue weighted by Crippen LogP contribution is -2.27.